The lowest BCUT2D eigenvalue weighted by Gasteiger charge is -2.11. The highest BCUT2D eigenvalue weighted by atomic mass is 32.2. The van der Waals surface area contributed by atoms with Crippen molar-refractivity contribution in [2.24, 2.45) is 5.10 Å². The first kappa shape index (κ1) is 23.0. The lowest BCUT2D eigenvalue weighted by molar-refractivity contribution is -0.384. The molecule has 170 valence electrons. The minimum Gasteiger partial charge on any atom is -0.504 e. The van der Waals surface area contributed by atoms with Gasteiger partial charge in [-0.25, -0.2) is 13.2 Å². The molecule has 3 aromatic rings. The maximum Gasteiger partial charge on any atom is 0.337 e. The van der Waals surface area contributed by atoms with E-state index in [2.05, 4.69) is 15.2 Å². The Bertz CT molecular complexity index is 1370. The van der Waals surface area contributed by atoms with E-state index in [1.165, 1.54) is 48.7 Å². The van der Waals surface area contributed by atoms with Crippen molar-refractivity contribution in [1.82, 2.24) is 0 Å². The zero-order chi connectivity index (χ0) is 24.2. The van der Waals surface area contributed by atoms with E-state index in [-0.39, 0.29) is 28.4 Å². The van der Waals surface area contributed by atoms with Crippen LogP contribution in [-0.2, 0) is 10.0 Å². The molecule has 0 amide bonds. The number of rotatable bonds is 8. The Morgan fingerprint density at radius 2 is 1.73 bits per heavy atom. The van der Waals surface area contributed by atoms with E-state index in [0.717, 1.165) is 18.2 Å². The maximum atomic E-state index is 12.7. The van der Waals surface area contributed by atoms with Crippen LogP contribution < -0.4 is 10.1 Å². The molecule has 0 aliphatic heterocycles. The van der Waals surface area contributed by atoms with Crippen LogP contribution in [0.4, 0.5) is 17.1 Å². The first-order valence-corrected chi connectivity index (χ1v) is 10.5. The van der Waals surface area contributed by atoms with Crippen LogP contribution in [0.15, 0.2) is 70.7 Å². The largest absolute Gasteiger partial charge is 0.504 e. The summed E-state index contributed by atoms with van der Waals surface area (Å²) in [6.45, 7) is 0. The van der Waals surface area contributed by atoms with Gasteiger partial charge in [0.2, 0.25) is 0 Å². The number of sulfonamides is 1. The summed E-state index contributed by atoms with van der Waals surface area (Å²) in [7, 11) is -4.35. The second-order valence-corrected chi connectivity index (χ2v) is 8.19. The number of nitrogens with one attached hydrogen (secondary N) is 2. The first-order valence-electron chi connectivity index (χ1n) is 9.03. The number of anilines is 2. The number of nitro groups is 1. The Labute approximate surface area is 186 Å². The van der Waals surface area contributed by atoms with E-state index < -0.39 is 31.5 Å². The fraction of sp³-hybridized carbons (Fsp3) is 0. The smallest absolute Gasteiger partial charge is 0.337 e. The summed E-state index contributed by atoms with van der Waals surface area (Å²) in [6, 6.07) is 12.2. The molecule has 0 saturated heterocycles. The van der Waals surface area contributed by atoms with Gasteiger partial charge < -0.3 is 15.3 Å². The van der Waals surface area contributed by atoms with Gasteiger partial charge in [0.15, 0.2) is 11.5 Å². The molecular formula is C20H16N4O8S. The number of hydrogen-bond donors (Lipinski definition) is 5. The van der Waals surface area contributed by atoms with Crippen molar-refractivity contribution < 1.29 is 33.5 Å². The molecule has 12 nitrogen and oxygen atoms in total. The average molecular weight is 472 g/mol. The molecule has 0 aliphatic carbocycles. The van der Waals surface area contributed by atoms with Gasteiger partial charge >= 0.3 is 5.97 Å². The molecule has 3 rings (SSSR count). The molecule has 0 fully saturated rings. The number of aromatic hydroxyl groups is 2. The normalized spacial score (nSPS) is 11.3. The van der Waals surface area contributed by atoms with E-state index in [4.69, 9.17) is 0 Å². The third kappa shape index (κ3) is 5.34. The summed E-state index contributed by atoms with van der Waals surface area (Å²) in [4.78, 5) is 21.5. The number of nitrogens with zero attached hydrogens (tertiary/aromatic N) is 2. The number of phenols is 2. The van der Waals surface area contributed by atoms with Crippen LogP contribution in [0.1, 0.15) is 15.9 Å². The van der Waals surface area contributed by atoms with Crippen LogP contribution in [0.5, 0.6) is 11.5 Å². The second kappa shape index (κ2) is 9.23. The van der Waals surface area contributed by atoms with E-state index in [9.17, 15) is 38.6 Å². The van der Waals surface area contributed by atoms with Gasteiger partial charge in [0.1, 0.15) is 5.69 Å². The van der Waals surface area contributed by atoms with Crippen LogP contribution in [0, 0.1) is 10.1 Å². The minimum atomic E-state index is -4.35. The lowest BCUT2D eigenvalue weighted by Crippen LogP contribution is -2.16. The zero-order valence-corrected chi connectivity index (χ0v) is 17.4. The summed E-state index contributed by atoms with van der Waals surface area (Å²) in [6.07, 6.45) is 1.22. The highest BCUT2D eigenvalue weighted by molar-refractivity contribution is 7.92. The monoisotopic (exact) mass is 472 g/mol. The van der Waals surface area contributed by atoms with Crippen LogP contribution >= 0.6 is 0 Å². The van der Waals surface area contributed by atoms with Gasteiger partial charge in [-0.1, -0.05) is 12.1 Å². The van der Waals surface area contributed by atoms with Gasteiger partial charge in [0.05, 0.1) is 27.3 Å². The molecule has 13 heteroatoms. The average Bonchev–Trinajstić information content (AvgIpc) is 2.76. The van der Waals surface area contributed by atoms with E-state index in [1.807, 2.05) is 0 Å². The minimum absolute atomic E-state index is 0.121. The number of carboxylic acid groups (broad SMARTS) is 1. The summed E-state index contributed by atoms with van der Waals surface area (Å²) >= 11 is 0. The van der Waals surface area contributed by atoms with Crippen LogP contribution in [-0.4, -0.2) is 40.8 Å². The number of carbonyl (C=O) groups is 1. The van der Waals surface area contributed by atoms with Gasteiger partial charge in [0.25, 0.3) is 15.7 Å². The molecule has 0 unspecified atom stereocenters. The lowest BCUT2D eigenvalue weighted by atomic mass is 10.2. The summed E-state index contributed by atoms with van der Waals surface area (Å²) in [5, 5.41) is 43.3. The highest BCUT2D eigenvalue weighted by Gasteiger charge is 2.23. The van der Waals surface area contributed by atoms with E-state index in [1.54, 1.807) is 0 Å². The molecule has 0 saturated carbocycles. The standard InChI is InChI=1S/C20H16N4O8S/c25-18-8-5-12(9-19(18)26)11-21-22-16-7-6-13(10-17(16)24(29)30)33(31,32)23-15-4-2-1-3-14(15)20(27)28/h1-11,22-23,25-26H,(H,27,28)/b21-11+. The molecule has 0 aromatic heterocycles. The Hall–Kier alpha value is -4.65. The van der Waals surface area contributed by atoms with Gasteiger partial charge in [-0.2, -0.15) is 5.10 Å². The topological polar surface area (TPSA) is 191 Å². The van der Waals surface area contributed by atoms with Crippen molar-refractivity contribution in [2.45, 2.75) is 4.90 Å². The second-order valence-electron chi connectivity index (χ2n) is 6.51. The van der Waals surface area contributed by atoms with Crippen molar-refractivity contribution in [3.05, 3.63) is 81.9 Å². The summed E-state index contributed by atoms with van der Waals surface area (Å²) < 4.78 is 27.5. The Kier molecular flexibility index (Phi) is 6.44. The van der Waals surface area contributed by atoms with Crippen LogP contribution in [0.2, 0.25) is 0 Å². The number of phenolic OH excluding ortho intramolecular Hbond substituents is 2. The predicted molar refractivity (Wildman–Crippen MR) is 118 cm³/mol. The van der Waals surface area contributed by atoms with Crippen LogP contribution in [0.25, 0.3) is 0 Å². The number of carboxylic acids is 1. The molecular weight excluding hydrogens is 456 g/mol. The number of nitro benzene ring substituents is 1. The number of hydrazone groups is 1. The Balaban J connectivity index is 1.87. The molecule has 0 radical (unpaired) electrons. The fourth-order valence-corrected chi connectivity index (χ4v) is 3.78. The van der Waals surface area contributed by atoms with Crippen molar-refractivity contribution in [2.75, 3.05) is 10.1 Å². The van der Waals surface area contributed by atoms with Gasteiger partial charge in [-0.3, -0.25) is 20.3 Å². The molecule has 0 spiro atoms. The number of aromatic carboxylic acids is 1. The van der Waals surface area contributed by atoms with E-state index >= 15 is 0 Å². The number of hydrogen-bond acceptors (Lipinski definition) is 9. The van der Waals surface area contributed by atoms with Crippen LogP contribution in [0.3, 0.4) is 0 Å². The highest BCUT2D eigenvalue weighted by Crippen LogP contribution is 2.29. The quantitative estimate of drug-likeness (QED) is 0.142. The molecule has 0 aliphatic rings. The van der Waals surface area contributed by atoms with Gasteiger partial charge in [-0.05, 0) is 48.0 Å². The van der Waals surface area contributed by atoms with Gasteiger partial charge in [-0.15, -0.1) is 0 Å². The number of para-hydroxylation sites is 1. The van der Waals surface area contributed by atoms with Gasteiger partial charge in [0, 0.05) is 6.07 Å². The molecule has 0 bridgehead atoms. The zero-order valence-electron chi connectivity index (χ0n) is 16.5. The Morgan fingerprint density at radius 1 is 1.00 bits per heavy atom. The Morgan fingerprint density at radius 3 is 2.39 bits per heavy atom. The fourth-order valence-electron chi connectivity index (χ4n) is 2.68. The van der Waals surface area contributed by atoms with Crippen molar-refractivity contribution in [1.29, 1.82) is 0 Å². The van der Waals surface area contributed by atoms with Crippen molar-refractivity contribution >= 4 is 39.3 Å². The third-order valence-corrected chi connectivity index (χ3v) is 5.64. The van der Waals surface area contributed by atoms with E-state index in [0.29, 0.717) is 5.56 Å². The predicted octanol–water partition coefficient (Wildman–Crippen LogP) is 2.95. The molecule has 0 atom stereocenters. The summed E-state index contributed by atoms with van der Waals surface area (Å²) in [5.74, 6) is -2.05. The molecule has 5 N–H and O–H groups in total. The molecule has 33 heavy (non-hydrogen) atoms. The van der Waals surface area contributed by atoms with Crippen molar-refractivity contribution in [3.63, 3.8) is 0 Å². The first-order chi connectivity index (χ1) is 15.6. The maximum absolute atomic E-state index is 12.7. The molecule has 0 heterocycles. The SMILES string of the molecule is O=C(O)c1ccccc1NS(=O)(=O)c1ccc(N/N=C/c2ccc(O)c(O)c2)c([N+](=O)[O-])c1. The molecule has 3 aromatic carbocycles. The van der Waals surface area contributed by atoms with Crippen molar-refractivity contribution in [3.8, 4) is 11.5 Å². The number of benzene rings is 3. The third-order valence-electron chi connectivity index (χ3n) is 4.28. The summed E-state index contributed by atoms with van der Waals surface area (Å²) in [5.41, 5.74) is 1.59.